The fourth-order valence-electron chi connectivity index (χ4n) is 4.51. The average Bonchev–Trinajstić information content (AvgIpc) is 3.22. The molecule has 3 heterocycles. The molecule has 3 aromatic rings. The number of likely N-dealkylation sites (tertiary alicyclic amines) is 1. The van der Waals surface area contributed by atoms with E-state index < -0.39 is 5.41 Å². The Bertz CT molecular complexity index is 1060. The highest BCUT2D eigenvalue weighted by Crippen LogP contribution is 2.35. The van der Waals surface area contributed by atoms with Crippen molar-refractivity contribution in [1.29, 1.82) is 0 Å². The highest BCUT2D eigenvalue weighted by molar-refractivity contribution is 5.81. The van der Waals surface area contributed by atoms with Crippen LogP contribution in [-0.2, 0) is 27.2 Å². The highest BCUT2D eigenvalue weighted by Gasteiger charge is 2.44. The zero-order valence-corrected chi connectivity index (χ0v) is 18.3. The van der Waals surface area contributed by atoms with Gasteiger partial charge in [0.2, 0.25) is 5.91 Å². The number of esters is 1. The van der Waals surface area contributed by atoms with Gasteiger partial charge in [-0.1, -0.05) is 18.2 Å². The van der Waals surface area contributed by atoms with Gasteiger partial charge in [-0.3, -0.25) is 9.59 Å². The van der Waals surface area contributed by atoms with Crippen LogP contribution in [0.25, 0.3) is 5.65 Å². The maximum atomic E-state index is 13.3. The quantitative estimate of drug-likeness (QED) is 0.527. The van der Waals surface area contributed by atoms with Crippen LogP contribution in [0.5, 0.6) is 0 Å². The lowest BCUT2D eigenvalue weighted by atomic mass is 9.75. The molecule has 0 radical (unpaired) electrons. The van der Waals surface area contributed by atoms with E-state index in [0.29, 0.717) is 38.8 Å². The van der Waals surface area contributed by atoms with Gasteiger partial charge in [0.25, 0.3) is 0 Å². The summed E-state index contributed by atoms with van der Waals surface area (Å²) in [5.74, 6) is -0.594. The number of hydrogen-bond donors (Lipinski definition) is 0. The molecule has 1 aliphatic rings. The van der Waals surface area contributed by atoms with E-state index in [1.165, 1.54) is 12.1 Å². The molecule has 0 bridgehead atoms. The Labute approximate surface area is 187 Å². The predicted octanol–water partition coefficient (Wildman–Crippen LogP) is 3.82. The molecule has 0 N–H and O–H groups in total. The van der Waals surface area contributed by atoms with Crippen molar-refractivity contribution in [2.24, 2.45) is 5.41 Å². The molecule has 1 saturated heterocycles. The first-order chi connectivity index (χ1) is 15.5. The van der Waals surface area contributed by atoms with Crippen LogP contribution >= 0.6 is 0 Å². The van der Waals surface area contributed by atoms with Crippen LogP contribution < -0.4 is 0 Å². The normalized spacial score (nSPS) is 18.6. The first-order valence-corrected chi connectivity index (χ1v) is 11.1. The number of halogens is 1. The third-order valence-corrected chi connectivity index (χ3v) is 6.10. The van der Waals surface area contributed by atoms with Crippen molar-refractivity contribution in [3.8, 4) is 0 Å². The first-order valence-electron chi connectivity index (χ1n) is 11.1. The number of carbonyl (C=O) groups excluding carboxylic acids is 2. The molecule has 1 atom stereocenters. The van der Waals surface area contributed by atoms with E-state index in [0.717, 1.165) is 23.3 Å². The molecule has 1 amide bonds. The summed E-state index contributed by atoms with van der Waals surface area (Å²) in [6, 6.07) is 12.0. The summed E-state index contributed by atoms with van der Waals surface area (Å²) < 4.78 is 20.7. The van der Waals surface area contributed by atoms with Crippen LogP contribution in [0, 0.1) is 11.2 Å². The second-order valence-corrected chi connectivity index (χ2v) is 8.42. The fraction of sp³-hybridized carbons (Fsp3) is 0.400. The van der Waals surface area contributed by atoms with Gasteiger partial charge >= 0.3 is 5.97 Å². The summed E-state index contributed by atoms with van der Waals surface area (Å²) in [6.45, 7) is 3.00. The van der Waals surface area contributed by atoms with Crippen LogP contribution in [0.1, 0.15) is 37.4 Å². The van der Waals surface area contributed by atoms with Gasteiger partial charge < -0.3 is 14.0 Å². The predicted molar refractivity (Wildman–Crippen MR) is 118 cm³/mol. The minimum absolute atomic E-state index is 0.00883. The van der Waals surface area contributed by atoms with Crippen molar-refractivity contribution >= 4 is 17.5 Å². The summed E-state index contributed by atoms with van der Waals surface area (Å²) in [6.07, 6.45) is 6.53. The van der Waals surface area contributed by atoms with Crippen LogP contribution in [0.2, 0.25) is 0 Å². The molecule has 6 nitrogen and oxygen atoms in total. The molecule has 7 heteroatoms. The van der Waals surface area contributed by atoms with E-state index in [1.807, 2.05) is 35.0 Å². The van der Waals surface area contributed by atoms with E-state index in [-0.39, 0.29) is 24.3 Å². The van der Waals surface area contributed by atoms with Gasteiger partial charge in [-0.05, 0) is 62.4 Å². The van der Waals surface area contributed by atoms with Gasteiger partial charge in [0.15, 0.2) is 0 Å². The maximum absolute atomic E-state index is 13.3. The number of fused-ring (bicyclic) bond motifs is 1. The number of benzene rings is 1. The molecule has 0 spiro atoms. The van der Waals surface area contributed by atoms with Crippen molar-refractivity contribution < 1.29 is 18.7 Å². The van der Waals surface area contributed by atoms with Crippen LogP contribution in [0.4, 0.5) is 4.39 Å². The molecule has 1 aliphatic heterocycles. The topological polar surface area (TPSA) is 63.9 Å². The largest absolute Gasteiger partial charge is 0.466 e. The number of pyridine rings is 1. The average molecular weight is 438 g/mol. The Hall–Kier alpha value is -3.22. The van der Waals surface area contributed by atoms with Crippen molar-refractivity contribution in [3.05, 3.63) is 71.9 Å². The number of hydrogen-bond acceptors (Lipinski definition) is 4. The SMILES string of the molecule is CCOC(=O)[C@]1(Cc2ccc(F)cc2)CCCN(C(=O)CCc2cn3ccccc3n2)C1. The van der Waals surface area contributed by atoms with E-state index in [2.05, 4.69) is 4.98 Å². The lowest BCUT2D eigenvalue weighted by Gasteiger charge is -2.41. The number of aryl methyl sites for hydroxylation is 1. The molecule has 32 heavy (non-hydrogen) atoms. The molecule has 2 aromatic heterocycles. The van der Waals surface area contributed by atoms with E-state index in [1.54, 1.807) is 24.0 Å². The smallest absolute Gasteiger partial charge is 0.314 e. The number of amides is 1. The summed E-state index contributed by atoms with van der Waals surface area (Å²) >= 11 is 0. The minimum Gasteiger partial charge on any atom is -0.466 e. The monoisotopic (exact) mass is 437 g/mol. The van der Waals surface area contributed by atoms with Gasteiger partial charge in [0, 0.05) is 31.9 Å². The van der Waals surface area contributed by atoms with E-state index >= 15 is 0 Å². The number of rotatable bonds is 7. The standard InChI is InChI=1S/C25H28FN3O3/c1-2-32-24(31)25(16-19-7-9-20(26)10-8-19)13-5-15-29(18-25)23(30)12-11-21-17-28-14-4-3-6-22(28)27-21/h3-4,6-10,14,17H,2,5,11-13,15-16,18H2,1H3/t25-/m0/s1. The van der Waals surface area contributed by atoms with Gasteiger partial charge in [-0.25, -0.2) is 9.37 Å². The maximum Gasteiger partial charge on any atom is 0.314 e. The minimum atomic E-state index is -0.815. The molecule has 168 valence electrons. The number of imidazole rings is 1. The molecule has 0 aliphatic carbocycles. The van der Waals surface area contributed by atoms with Crippen molar-refractivity contribution in [1.82, 2.24) is 14.3 Å². The molecular weight excluding hydrogens is 409 g/mol. The lowest BCUT2D eigenvalue weighted by molar-refractivity contribution is -0.160. The summed E-state index contributed by atoms with van der Waals surface area (Å²) in [5.41, 5.74) is 1.77. The van der Waals surface area contributed by atoms with Gasteiger partial charge in [0.05, 0.1) is 17.7 Å². The number of ether oxygens (including phenoxy) is 1. The summed E-state index contributed by atoms with van der Waals surface area (Å²) in [5, 5.41) is 0. The van der Waals surface area contributed by atoms with Gasteiger partial charge in [-0.15, -0.1) is 0 Å². The lowest BCUT2D eigenvalue weighted by Crippen LogP contribution is -2.51. The molecular formula is C25H28FN3O3. The Kier molecular flexibility index (Phi) is 6.53. The molecule has 4 rings (SSSR count). The van der Waals surface area contributed by atoms with E-state index in [4.69, 9.17) is 4.74 Å². The fourth-order valence-corrected chi connectivity index (χ4v) is 4.51. The van der Waals surface area contributed by atoms with Gasteiger partial charge in [-0.2, -0.15) is 0 Å². The van der Waals surface area contributed by atoms with Gasteiger partial charge in [0.1, 0.15) is 11.5 Å². The van der Waals surface area contributed by atoms with Crippen LogP contribution in [0.15, 0.2) is 54.9 Å². The van der Waals surface area contributed by atoms with Crippen LogP contribution in [-0.4, -0.2) is 45.9 Å². The Morgan fingerprint density at radius 3 is 2.75 bits per heavy atom. The second-order valence-electron chi connectivity index (χ2n) is 8.42. The van der Waals surface area contributed by atoms with Crippen molar-refractivity contribution in [2.45, 2.75) is 39.0 Å². The summed E-state index contributed by atoms with van der Waals surface area (Å²) in [7, 11) is 0. The molecule has 1 aromatic carbocycles. The zero-order valence-electron chi connectivity index (χ0n) is 18.3. The molecule has 1 fully saturated rings. The van der Waals surface area contributed by atoms with Crippen molar-refractivity contribution in [2.75, 3.05) is 19.7 Å². The van der Waals surface area contributed by atoms with Crippen LogP contribution in [0.3, 0.4) is 0 Å². The number of aromatic nitrogens is 2. The van der Waals surface area contributed by atoms with E-state index in [9.17, 15) is 14.0 Å². The van der Waals surface area contributed by atoms with Crippen molar-refractivity contribution in [3.63, 3.8) is 0 Å². The Morgan fingerprint density at radius 2 is 2.00 bits per heavy atom. The second kappa shape index (κ2) is 9.51. The number of carbonyl (C=O) groups is 2. The third kappa shape index (κ3) is 4.82. The highest BCUT2D eigenvalue weighted by atomic mass is 19.1. The zero-order chi connectivity index (χ0) is 22.6. The summed E-state index contributed by atoms with van der Waals surface area (Å²) in [4.78, 5) is 32.4. The molecule has 0 saturated carbocycles. The molecule has 0 unspecified atom stereocenters. The first kappa shape index (κ1) is 22.0. The Balaban J connectivity index is 1.46. The number of nitrogens with zero attached hydrogens (tertiary/aromatic N) is 3. The third-order valence-electron chi connectivity index (χ3n) is 6.10. The number of piperidine rings is 1. The Morgan fingerprint density at radius 1 is 1.19 bits per heavy atom.